The molecule has 194 valence electrons. The van der Waals surface area contributed by atoms with E-state index in [-0.39, 0.29) is 17.7 Å². The number of rotatable bonds is 9. The zero-order valence-electron chi connectivity index (χ0n) is 22.1. The van der Waals surface area contributed by atoms with E-state index in [9.17, 15) is 4.79 Å². The maximum atomic E-state index is 14.0. The Hall–Kier alpha value is -3.38. The van der Waals surface area contributed by atoms with Gasteiger partial charge in [-0.05, 0) is 86.0 Å². The van der Waals surface area contributed by atoms with Gasteiger partial charge in [0.05, 0.1) is 13.0 Å². The molecule has 2 atom stereocenters. The van der Waals surface area contributed by atoms with Crippen LogP contribution in [0.3, 0.4) is 0 Å². The minimum Gasteiger partial charge on any atom is -0.489 e. The van der Waals surface area contributed by atoms with Crippen LogP contribution in [-0.2, 0) is 17.9 Å². The second-order valence-electron chi connectivity index (χ2n) is 10.3. The molecule has 2 fully saturated rings. The zero-order valence-corrected chi connectivity index (χ0v) is 22.1. The number of benzene rings is 2. The minimum atomic E-state index is -0.0829. The van der Waals surface area contributed by atoms with E-state index in [1.807, 2.05) is 24.3 Å². The molecule has 0 unspecified atom stereocenters. The molecular weight excluding hydrogens is 462 g/mol. The van der Waals surface area contributed by atoms with E-state index in [4.69, 9.17) is 9.47 Å². The summed E-state index contributed by atoms with van der Waals surface area (Å²) >= 11 is 0. The molecule has 2 aliphatic rings. The Bertz CT molecular complexity index is 1220. The van der Waals surface area contributed by atoms with Gasteiger partial charge in [-0.15, -0.1) is 0 Å². The number of amides is 1. The summed E-state index contributed by atoms with van der Waals surface area (Å²) in [7, 11) is 1.61. The number of pyridine rings is 1. The first-order chi connectivity index (χ1) is 18.0. The molecule has 2 aromatic carbocycles. The summed E-state index contributed by atoms with van der Waals surface area (Å²) in [6.07, 6.45) is 4.91. The van der Waals surface area contributed by atoms with E-state index in [1.165, 1.54) is 22.3 Å². The van der Waals surface area contributed by atoms with Gasteiger partial charge in [0.2, 0.25) is 11.8 Å². The summed E-state index contributed by atoms with van der Waals surface area (Å²) in [5, 5.41) is 3.49. The molecule has 1 amide bonds. The van der Waals surface area contributed by atoms with E-state index < -0.39 is 0 Å². The normalized spacial score (nSPS) is 19.3. The van der Waals surface area contributed by atoms with Gasteiger partial charge in [-0.25, -0.2) is 4.98 Å². The van der Waals surface area contributed by atoms with Crippen LogP contribution in [0, 0.1) is 19.8 Å². The minimum absolute atomic E-state index is 0.0829. The number of aromatic nitrogens is 1. The van der Waals surface area contributed by atoms with Crippen molar-refractivity contribution in [3.8, 4) is 11.6 Å². The average molecular weight is 500 g/mol. The second kappa shape index (κ2) is 11.3. The van der Waals surface area contributed by atoms with Gasteiger partial charge in [-0.2, -0.15) is 0 Å². The Morgan fingerprint density at radius 1 is 1.08 bits per heavy atom. The Balaban J connectivity index is 1.31. The van der Waals surface area contributed by atoms with Crippen LogP contribution in [0.4, 0.5) is 0 Å². The number of ether oxygens (including phenoxy) is 2. The highest BCUT2D eigenvalue weighted by atomic mass is 16.5. The van der Waals surface area contributed by atoms with Crippen molar-refractivity contribution >= 4 is 5.91 Å². The Kier molecular flexibility index (Phi) is 7.75. The van der Waals surface area contributed by atoms with Crippen LogP contribution in [0.1, 0.15) is 53.0 Å². The van der Waals surface area contributed by atoms with Crippen molar-refractivity contribution in [2.45, 2.75) is 58.2 Å². The van der Waals surface area contributed by atoms with Crippen molar-refractivity contribution in [2.24, 2.45) is 5.92 Å². The third kappa shape index (κ3) is 5.96. The van der Waals surface area contributed by atoms with Gasteiger partial charge in [0.25, 0.3) is 0 Å². The quantitative estimate of drug-likeness (QED) is 0.440. The molecule has 1 aliphatic carbocycles. The van der Waals surface area contributed by atoms with Crippen molar-refractivity contribution in [1.82, 2.24) is 15.2 Å². The number of hydrogen-bond donors (Lipinski definition) is 1. The van der Waals surface area contributed by atoms with E-state index in [1.54, 1.807) is 13.3 Å². The summed E-state index contributed by atoms with van der Waals surface area (Å²) < 4.78 is 11.2. The van der Waals surface area contributed by atoms with Crippen molar-refractivity contribution in [3.63, 3.8) is 0 Å². The maximum Gasteiger partial charge on any atom is 0.228 e. The molecule has 37 heavy (non-hydrogen) atoms. The third-order valence-electron chi connectivity index (χ3n) is 7.83. The number of piperidine rings is 1. The van der Waals surface area contributed by atoms with Gasteiger partial charge in [0.15, 0.2) is 0 Å². The number of nitrogens with zero attached hydrogens (tertiary/aromatic N) is 2. The van der Waals surface area contributed by atoms with E-state index in [2.05, 4.69) is 59.4 Å². The fourth-order valence-corrected chi connectivity index (χ4v) is 5.29. The van der Waals surface area contributed by atoms with Crippen LogP contribution >= 0.6 is 0 Å². The molecule has 1 saturated heterocycles. The van der Waals surface area contributed by atoms with Gasteiger partial charge in [0.1, 0.15) is 12.4 Å². The van der Waals surface area contributed by atoms with Crippen LogP contribution in [0.2, 0.25) is 0 Å². The molecule has 1 saturated carbocycles. The lowest BCUT2D eigenvalue weighted by atomic mass is 9.80. The van der Waals surface area contributed by atoms with Crippen LogP contribution in [-0.4, -0.2) is 42.0 Å². The van der Waals surface area contributed by atoms with Gasteiger partial charge >= 0.3 is 0 Å². The van der Waals surface area contributed by atoms with E-state index in [0.717, 1.165) is 37.1 Å². The van der Waals surface area contributed by atoms with Gasteiger partial charge in [-0.1, -0.05) is 30.3 Å². The van der Waals surface area contributed by atoms with Crippen LogP contribution < -0.4 is 14.8 Å². The fourth-order valence-electron chi connectivity index (χ4n) is 5.29. The lowest BCUT2D eigenvalue weighted by Crippen LogP contribution is -2.47. The molecule has 1 N–H and O–H groups in total. The topological polar surface area (TPSA) is 63.7 Å². The molecule has 2 heterocycles. The second-order valence-corrected chi connectivity index (χ2v) is 10.3. The highest BCUT2D eigenvalue weighted by Crippen LogP contribution is 2.37. The molecule has 0 radical (unpaired) electrons. The van der Waals surface area contributed by atoms with Crippen LogP contribution in [0.5, 0.6) is 11.6 Å². The van der Waals surface area contributed by atoms with Crippen LogP contribution in [0.25, 0.3) is 0 Å². The first kappa shape index (κ1) is 25.3. The smallest absolute Gasteiger partial charge is 0.228 e. The molecule has 0 spiro atoms. The summed E-state index contributed by atoms with van der Waals surface area (Å²) in [5.74, 6) is 1.76. The molecule has 1 aromatic heterocycles. The fraction of sp³-hybridized carbons (Fsp3) is 0.419. The molecule has 6 heteroatoms. The van der Waals surface area contributed by atoms with Crippen molar-refractivity contribution in [3.05, 3.63) is 88.6 Å². The predicted molar refractivity (Wildman–Crippen MR) is 145 cm³/mol. The number of carbonyl (C=O) groups is 1. The van der Waals surface area contributed by atoms with E-state index in [0.29, 0.717) is 31.6 Å². The summed E-state index contributed by atoms with van der Waals surface area (Å²) in [4.78, 5) is 20.5. The average Bonchev–Trinajstić information content (AvgIpc) is 3.78. The van der Waals surface area contributed by atoms with Crippen molar-refractivity contribution < 1.29 is 14.3 Å². The SMILES string of the molecule is COc1ccc(COc2cccc([C@H]3CCNC[C@@H]3C(=O)N(Cc3cccc(C)c3C)C3CC3)c2)cn1. The Morgan fingerprint density at radius 2 is 1.92 bits per heavy atom. The molecule has 0 bridgehead atoms. The van der Waals surface area contributed by atoms with Gasteiger partial charge < -0.3 is 19.7 Å². The molecule has 3 aromatic rings. The number of carbonyl (C=O) groups excluding carboxylic acids is 1. The molecule has 5 rings (SSSR count). The predicted octanol–water partition coefficient (Wildman–Crippen LogP) is 5.17. The highest BCUT2D eigenvalue weighted by molar-refractivity contribution is 5.81. The lowest BCUT2D eigenvalue weighted by molar-refractivity contribution is -0.138. The van der Waals surface area contributed by atoms with Crippen LogP contribution in [0.15, 0.2) is 60.8 Å². The number of methoxy groups -OCH3 is 1. The van der Waals surface area contributed by atoms with Gasteiger partial charge in [0, 0.05) is 37.0 Å². The van der Waals surface area contributed by atoms with Crippen molar-refractivity contribution in [1.29, 1.82) is 0 Å². The summed E-state index contributed by atoms with van der Waals surface area (Å²) in [6.45, 7) is 7.06. The lowest BCUT2D eigenvalue weighted by Gasteiger charge is -2.36. The number of aryl methyl sites for hydroxylation is 1. The first-order valence-electron chi connectivity index (χ1n) is 13.3. The maximum absolute atomic E-state index is 14.0. The molecule has 1 aliphatic heterocycles. The standard InChI is InChI=1S/C31H37N3O3/c1-21-6-4-8-25(22(21)2)19-34(26-11-12-26)31(35)29-18-32-15-14-28(29)24-7-5-9-27(16-24)37-20-23-10-13-30(36-3)33-17-23/h4-10,13,16-17,26,28-29,32H,11-12,14-15,18-20H2,1-3H3/t28-,29+/m1/s1. The highest BCUT2D eigenvalue weighted by Gasteiger charge is 2.40. The zero-order chi connectivity index (χ0) is 25.8. The van der Waals surface area contributed by atoms with E-state index >= 15 is 0 Å². The number of hydrogen-bond acceptors (Lipinski definition) is 5. The van der Waals surface area contributed by atoms with Crippen molar-refractivity contribution in [2.75, 3.05) is 20.2 Å². The van der Waals surface area contributed by atoms with Gasteiger partial charge in [-0.3, -0.25) is 4.79 Å². The first-order valence-corrected chi connectivity index (χ1v) is 13.3. The Labute approximate surface area is 220 Å². The molecule has 6 nitrogen and oxygen atoms in total. The summed E-state index contributed by atoms with van der Waals surface area (Å²) in [5.41, 5.74) is 5.97. The molecular formula is C31H37N3O3. The Morgan fingerprint density at radius 3 is 2.68 bits per heavy atom. The third-order valence-corrected chi connectivity index (χ3v) is 7.83. The monoisotopic (exact) mass is 499 g/mol. The summed E-state index contributed by atoms with van der Waals surface area (Å²) in [6, 6.07) is 18.8. The number of nitrogens with one attached hydrogen (secondary N) is 1. The largest absolute Gasteiger partial charge is 0.489 e.